The monoisotopic (exact) mass is 223 g/mol. The fourth-order valence-electron chi connectivity index (χ4n) is 1.87. The van der Waals surface area contributed by atoms with Crippen molar-refractivity contribution in [3.8, 4) is 0 Å². The van der Waals surface area contributed by atoms with Gasteiger partial charge in [0.2, 0.25) is 5.91 Å². The van der Waals surface area contributed by atoms with Crippen molar-refractivity contribution in [3.63, 3.8) is 0 Å². The van der Waals surface area contributed by atoms with E-state index in [1.54, 1.807) is 0 Å². The molecule has 88 valence electrons. The zero-order chi connectivity index (χ0) is 11.4. The number of aliphatic hydroxyl groups excluding tert-OH is 1. The number of amides is 1. The average Bonchev–Trinajstić information content (AvgIpc) is 2.89. The first-order valence-electron chi connectivity index (χ1n) is 5.55. The molecule has 0 radical (unpaired) electrons. The molecule has 2 atom stereocenters. The van der Waals surface area contributed by atoms with Crippen LogP contribution in [0.1, 0.15) is 6.42 Å². The van der Waals surface area contributed by atoms with Gasteiger partial charge in [0.05, 0.1) is 12.1 Å². The van der Waals surface area contributed by atoms with Crippen molar-refractivity contribution in [2.75, 3.05) is 13.1 Å². The molecule has 5 nitrogen and oxygen atoms in total. The lowest BCUT2D eigenvalue weighted by molar-refractivity contribution is -0.122. The Balaban J connectivity index is 1.68. The van der Waals surface area contributed by atoms with Gasteiger partial charge in [-0.05, 0) is 18.6 Å². The standard InChI is InChI=1S/C11H17N3O2/c15-9-7-10(13-8-9)11(16)12-3-6-14-4-1-2-5-14/h1-2,4-5,9-10,13,15H,3,6-8H2,(H,12,16). The van der Waals surface area contributed by atoms with Crippen molar-refractivity contribution in [3.05, 3.63) is 24.5 Å². The van der Waals surface area contributed by atoms with Crippen molar-refractivity contribution in [1.29, 1.82) is 0 Å². The highest BCUT2D eigenvalue weighted by Gasteiger charge is 2.27. The predicted molar refractivity (Wildman–Crippen MR) is 59.9 cm³/mol. The molecule has 1 amide bonds. The third-order valence-corrected chi connectivity index (χ3v) is 2.76. The van der Waals surface area contributed by atoms with Gasteiger partial charge < -0.3 is 20.3 Å². The number of carbonyl (C=O) groups is 1. The summed E-state index contributed by atoms with van der Waals surface area (Å²) in [5.74, 6) is -0.0243. The van der Waals surface area contributed by atoms with Gasteiger partial charge in [0, 0.05) is 32.0 Å². The fourth-order valence-corrected chi connectivity index (χ4v) is 1.87. The van der Waals surface area contributed by atoms with Crippen LogP contribution < -0.4 is 10.6 Å². The van der Waals surface area contributed by atoms with Crippen LogP contribution >= 0.6 is 0 Å². The minimum atomic E-state index is -0.389. The van der Waals surface area contributed by atoms with Gasteiger partial charge in [-0.15, -0.1) is 0 Å². The zero-order valence-electron chi connectivity index (χ0n) is 9.10. The van der Waals surface area contributed by atoms with Crippen molar-refractivity contribution in [1.82, 2.24) is 15.2 Å². The molecule has 0 aliphatic carbocycles. The van der Waals surface area contributed by atoms with Crippen LogP contribution in [-0.2, 0) is 11.3 Å². The highest BCUT2D eigenvalue weighted by molar-refractivity contribution is 5.82. The Bertz CT molecular complexity index is 337. The maximum Gasteiger partial charge on any atom is 0.237 e. The van der Waals surface area contributed by atoms with E-state index in [2.05, 4.69) is 10.6 Å². The Morgan fingerprint density at radius 2 is 2.25 bits per heavy atom. The summed E-state index contributed by atoms with van der Waals surface area (Å²) in [7, 11) is 0. The number of β-amino-alcohol motifs (C(OH)–C–C–N with tert-alkyl or cyclic N) is 1. The van der Waals surface area contributed by atoms with Crippen LogP contribution in [0.25, 0.3) is 0 Å². The molecule has 1 aliphatic rings. The lowest BCUT2D eigenvalue weighted by Crippen LogP contribution is -2.41. The molecule has 2 heterocycles. The van der Waals surface area contributed by atoms with Gasteiger partial charge in [0.15, 0.2) is 0 Å². The van der Waals surface area contributed by atoms with Crippen LogP contribution in [0.5, 0.6) is 0 Å². The molecule has 2 unspecified atom stereocenters. The van der Waals surface area contributed by atoms with E-state index in [0.29, 0.717) is 19.5 Å². The van der Waals surface area contributed by atoms with Crippen molar-refractivity contribution >= 4 is 5.91 Å². The smallest absolute Gasteiger partial charge is 0.237 e. The molecule has 1 fully saturated rings. The maximum atomic E-state index is 11.6. The molecular weight excluding hydrogens is 206 g/mol. The number of hydrogen-bond donors (Lipinski definition) is 3. The summed E-state index contributed by atoms with van der Waals surface area (Å²) in [6.07, 6.45) is 4.04. The summed E-state index contributed by atoms with van der Waals surface area (Å²) in [4.78, 5) is 11.6. The highest BCUT2D eigenvalue weighted by atomic mass is 16.3. The number of nitrogens with one attached hydrogen (secondary N) is 2. The van der Waals surface area contributed by atoms with Crippen LogP contribution in [0.15, 0.2) is 24.5 Å². The Morgan fingerprint density at radius 1 is 1.50 bits per heavy atom. The Morgan fingerprint density at radius 3 is 2.88 bits per heavy atom. The largest absolute Gasteiger partial charge is 0.392 e. The first-order valence-corrected chi connectivity index (χ1v) is 5.55. The molecule has 2 rings (SSSR count). The lowest BCUT2D eigenvalue weighted by atomic mass is 10.2. The summed E-state index contributed by atoms with van der Waals surface area (Å²) in [5, 5.41) is 15.1. The van der Waals surface area contributed by atoms with E-state index < -0.39 is 0 Å². The number of rotatable bonds is 4. The summed E-state index contributed by atoms with van der Waals surface area (Å²) in [6.45, 7) is 1.89. The summed E-state index contributed by atoms with van der Waals surface area (Å²) in [5.41, 5.74) is 0. The van der Waals surface area contributed by atoms with Crippen molar-refractivity contribution < 1.29 is 9.90 Å². The van der Waals surface area contributed by atoms with Gasteiger partial charge in [-0.2, -0.15) is 0 Å². The van der Waals surface area contributed by atoms with E-state index >= 15 is 0 Å². The van der Waals surface area contributed by atoms with Crippen LogP contribution in [0.4, 0.5) is 0 Å². The van der Waals surface area contributed by atoms with Crippen LogP contribution in [0.3, 0.4) is 0 Å². The number of aliphatic hydroxyl groups is 1. The Hall–Kier alpha value is -1.33. The van der Waals surface area contributed by atoms with E-state index in [1.807, 2.05) is 29.1 Å². The number of hydrogen-bond acceptors (Lipinski definition) is 3. The average molecular weight is 223 g/mol. The Labute approximate surface area is 94.5 Å². The molecule has 1 aliphatic heterocycles. The van der Waals surface area contributed by atoms with Crippen LogP contribution in [0, 0.1) is 0 Å². The van der Waals surface area contributed by atoms with Crippen molar-refractivity contribution in [2.45, 2.75) is 25.1 Å². The molecule has 0 saturated carbocycles. The number of nitrogens with zero attached hydrogens (tertiary/aromatic N) is 1. The number of aromatic nitrogens is 1. The van der Waals surface area contributed by atoms with E-state index in [-0.39, 0.29) is 18.1 Å². The minimum Gasteiger partial charge on any atom is -0.392 e. The van der Waals surface area contributed by atoms with Gasteiger partial charge in [-0.25, -0.2) is 0 Å². The second-order valence-corrected chi connectivity index (χ2v) is 4.06. The molecule has 0 spiro atoms. The lowest BCUT2D eigenvalue weighted by Gasteiger charge is -2.11. The molecule has 1 saturated heterocycles. The van der Waals surface area contributed by atoms with Gasteiger partial charge in [0.25, 0.3) is 0 Å². The first kappa shape index (κ1) is 11.2. The fraction of sp³-hybridized carbons (Fsp3) is 0.545. The molecule has 1 aromatic rings. The topological polar surface area (TPSA) is 66.3 Å². The summed E-state index contributed by atoms with van der Waals surface area (Å²) in [6, 6.07) is 3.67. The zero-order valence-corrected chi connectivity index (χ0v) is 9.10. The summed E-state index contributed by atoms with van der Waals surface area (Å²) >= 11 is 0. The Kier molecular flexibility index (Phi) is 3.58. The quantitative estimate of drug-likeness (QED) is 0.634. The van der Waals surface area contributed by atoms with Gasteiger partial charge >= 0.3 is 0 Å². The molecule has 0 bridgehead atoms. The second-order valence-electron chi connectivity index (χ2n) is 4.06. The second kappa shape index (κ2) is 5.14. The highest BCUT2D eigenvalue weighted by Crippen LogP contribution is 2.05. The van der Waals surface area contributed by atoms with E-state index in [1.165, 1.54) is 0 Å². The SMILES string of the molecule is O=C(NCCn1cccc1)C1CC(O)CN1. The van der Waals surface area contributed by atoms with Gasteiger partial charge in [0.1, 0.15) is 0 Å². The maximum absolute atomic E-state index is 11.6. The van der Waals surface area contributed by atoms with Gasteiger partial charge in [-0.3, -0.25) is 4.79 Å². The third kappa shape index (κ3) is 2.84. The normalized spacial score (nSPS) is 24.6. The summed E-state index contributed by atoms with van der Waals surface area (Å²) < 4.78 is 2.01. The third-order valence-electron chi connectivity index (χ3n) is 2.76. The number of carbonyl (C=O) groups excluding carboxylic acids is 1. The van der Waals surface area contributed by atoms with Gasteiger partial charge in [-0.1, -0.05) is 0 Å². The van der Waals surface area contributed by atoms with E-state index in [0.717, 1.165) is 6.54 Å². The molecule has 0 aromatic carbocycles. The van der Waals surface area contributed by atoms with Crippen LogP contribution in [-0.4, -0.2) is 40.8 Å². The molecular formula is C11H17N3O2. The van der Waals surface area contributed by atoms with E-state index in [4.69, 9.17) is 0 Å². The first-order chi connectivity index (χ1) is 7.75. The predicted octanol–water partition coefficient (Wildman–Crippen LogP) is -0.673. The van der Waals surface area contributed by atoms with Crippen LogP contribution in [0.2, 0.25) is 0 Å². The van der Waals surface area contributed by atoms with E-state index in [9.17, 15) is 9.90 Å². The molecule has 5 heteroatoms. The minimum absolute atomic E-state index is 0.0243. The molecule has 16 heavy (non-hydrogen) atoms. The van der Waals surface area contributed by atoms with Crippen molar-refractivity contribution in [2.24, 2.45) is 0 Å². The molecule has 1 aromatic heterocycles. The molecule has 3 N–H and O–H groups in total.